The van der Waals surface area contributed by atoms with E-state index in [9.17, 15) is 30.3 Å². The number of phenolic OH excluding ortho intramolecular Hbond substituents is 1. The summed E-state index contributed by atoms with van der Waals surface area (Å²) in [5.41, 5.74) is 0.589. The molecule has 0 spiro atoms. The number of hydrogen-bond acceptors (Lipinski definition) is 9. The van der Waals surface area contributed by atoms with Crippen molar-refractivity contribution < 1.29 is 39.4 Å². The van der Waals surface area contributed by atoms with Gasteiger partial charge in [0.25, 0.3) is 0 Å². The summed E-state index contributed by atoms with van der Waals surface area (Å²) in [7, 11) is 0. The highest BCUT2D eigenvalue weighted by Gasteiger charge is 2.44. The zero-order chi connectivity index (χ0) is 21.4. The lowest BCUT2D eigenvalue weighted by molar-refractivity contribution is -0.277. The van der Waals surface area contributed by atoms with Gasteiger partial charge in [0.15, 0.2) is 16.9 Å². The molecule has 9 nitrogen and oxygen atoms in total. The molecule has 1 saturated heterocycles. The molecule has 4 rings (SSSR count). The molecule has 5 atom stereocenters. The predicted molar refractivity (Wildman–Crippen MR) is 104 cm³/mol. The van der Waals surface area contributed by atoms with Crippen molar-refractivity contribution in [2.75, 3.05) is 6.61 Å². The van der Waals surface area contributed by atoms with E-state index in [2.05, 4.69) is 0 Å². The fraction of sp³-hybridized carbons (Fsp3) is 0.286. The van der Waals surface area contributed by atoms with Crippen LogP contribution in [-0.4, -0.2) is 62.8 Å². The summed E-state index contributed by atoms with van der Waals surface area (Å²) in [5, 5.41) is 49.8. The molecule has 5 N–H and O–H groups in total. The number of aliphatic hydroxyl groups is 4. The molecule has 0 radical (unpaired) electrons. The Balaban J connectivity index is 1.60. The van der Waals surface area contributed by atoms with Crippen LogP contribution >= 0.6 is 0 Å². The van der Waals surface area contributed by atoms with Gasteiger partial charge in [0.1, 0.15) is 35.8 Å². The van der Waals surface area contributed by atoms with Crippen molar-refractivity contribution in [2.45, 2.75) is 30.7 Å². The third-order valence-electron chi connectivity index (χ3n) is 4.97. The molecule has 5 unspecified atom stereocenters. The Kier molecular flexibility index (Phi) is 5.46. The number of fused-ring (bicyclic) bond motifs is 1. The summed E-state index contributed by atoms with van der Waals surface area (Å²) in [6.45, 7) is -0.600. The number of aliphatic hydroxyl groups excluding tert-OH is 4. The molecule has 9 heteroatoms. The van der Waals surface area contributed by atoms with Gasteiger partial charge in [-0.15, -0.1) is 0 Å². The number of rotatable bonds is 4. The fourth-order valence-electron chi connectivity index (χ4n) is 3.31. The number of phenols is 1. The van der Waals surface area contributed by atoms with Crippen molar-refractivity contribution >= 4 is 11.0 Å². The lowest BCUT2D eigenvalue weighted by atomic mass is 9.99. The second kappa shape index (κ2) is 8.05. The molecular formula is C21H20O9. The summed E-state index contributed by atoms with van der Waals surface area (Å²) < 4.78 is 16.4. The van der Waals surface area contributed by atoms with Crippen molar-refractivity contribution in [1.82, 2.24) is 0 Å². The summed E-state index contributed by atoms with van der Waals surface area (Å²) in [6, 6.07) is 12.3. The van der Waals surface area contributed by atoms with Crippen LogP contribution in [0.5, 0.6) is 11.5 Å². The average Bonchev–Trinajstić information content (AvgIpc) is 2.75. The Labute approximate surface area is 170 Å². The van der Waals surface area contributed by atoms with Crippen molar-refractivity contribution in [3.05, 3.63) is 58.8 Å². The van der Waals surface area contributed by atoms with Gasteiger partial charge in [-0.1, -0.05) is 12.1 Å². The third-order valence-corrected chi connectivity index (χ3v) is 4.97. The lowest BCUT2D eigenvalue weighted by Crippen LogP contribution is -2.60. The Bertz CT molecular complexity index is 1110. The van der Waals surface area contributed by atoms with Crippen LogP contribution in [0.15, 0.2) is 57.7 Å². The van der Waals surface area contributed by atoms with Crippen LogP contribution < -0.4 is 10.2 Å². The highest BCUT2D eigenvalue weighted by Crippen LogP contribution is 2.34. The molecule has 30 heavy (non-hydrogen) atoms. The van der Waals surface area contributed by atoms with E-state index in [1.54, 1.807) is 24.3 Å². The highest BCUT2D eigenvalue weighted by atomic mass is 16.7. The SMILES string of the molecule is O=c1cc(-c2ccc(OC3OC(CO)C(O)C(O)C3O)c(O)c2)oc2ccccc12. The second-order valence-electron chi connectivity index (χ2n) is 6.97. The second-order valence-corrected chi connectivity index (χ2v) is 6.97. The monoisotopic (exact) mass is 416 g/mol. The van der Waals surface area contributed by atoms with E-state index in [1.807, 2.05) is 0 Å². The van der Waals surface area contributed by atoms with Gasteiger partial charge < -0.3 is 39.4 Å². The molecule has 0 aliphatic carbocycles. The van der Waals surface area contributed by atoms with Gasteiger partial charge >= 0.3 is 0 Å². The Morgan fingerprint density at radius 3 is 2.47 bits per heavy atom. The van der Waals surface area contributed by atoms with Gasteiger partial charge in [-0.2, -0.15) is 0 Å². The molecule has 3 aromatic rings. The molecule has 2 heterocycles. The largest absolute Gasteiger partial charge is 0.504 e. The van der Waals surface area contributed by atoms with Crippen molar-refractivity contribution in [2.24, 2.45) is 0 Å². The highest BCUT2D eigenvalue weighted by molar-refractivity contribution is 5.78. The van der Waals surface area contributed by atoms with Crippen LogP contribution in [-0.2, 0) is 4.74 Å². The molecule has 0 amide bonds. The maximum atomic E-state index is 12.3. The van der Waals surface area contributed by atoms with Crippen LogP contribution in [0.2, 0.25) is 0 Å². The molecule has 158 valence electrons. The molecule has 1 fully saturated rings. The first-order chi connectivity index (χ1) is 14.4. The molecule has 1 aliphatic rings. The molecule has 1 aliphatic heterocycles. The normalized spacial score (nSPS) is 26.6. The standard InChI is InChI=1S/C21H20O9/c22-9-17-18(25)19(26)20(27)21(30-17)29-15-6-5-10(7-13(15)24)16-8-12(23)11-3-1-2-4-14(11)28-16/h1-8,17-22,24-27H,9H2. The minimum absolute atomic E-state index is 0.0776. The Morgan fingerprint density at radius 1 is 0.967 bits per heavy atom. The first-order valence-electron chi connectivity index (χ1n) is 9.22. The van der Waals surface area contributed by atoms with Crippen LogP contribution in [0, 0.1) is 0 Å². The minimum atomic E-state index is -1.61. The maximum Gasteiger partial charge on any atom is 0.229 e. The van der Waals surface area contributed by atoms with Gasteiger partial charge in [0, 0.05) is 11.6 Å². The number of benzene rings is 2. The summed E-state index contributed by atoms with van der Waals surface area (Å²) in [6.07, 6.45) is -7.30. The summed E-state index contributed by atoms with van der Waals surface area (Å²) >= 11 is 0. The van der Waals surface area contributed by atoms with E-state index < -0.39 is 37.3 Å². The van der Waals surface area contributed by atoms with E-state index in [4.69, 9.17) is 13.9 Å². The van der Waals surface area contributed by atoms with Crippen molar-refractivity contribution in [3.63, 3.8) is 0 Å². The molecule has 2 aromatic carbocycles. The van der Waals surface area contributed by atoms with Gasteiger partial charge in [-0.05, 0) is 30.3 Å². The lowest BCUT2D eigenvalue weighted by Gasteiger charge is -2.39. The topological polar surface area (TPSA) is 150 Å². The fourth-order valence-corrected chi connectivity index (χ4v) is 3.31. The summed E-state index contributed by atoms with van der Waals surface area (Å²) in [5.74, 6) is -0.167. The summed E-state index contributed by atoms with van der Waals surface area (Å²) in [4.78, 5) is 12.3. The van der Waals surface area contributed by atoms with Crippen molar-refractivity contribution in [1.29, 1.82) is 0 Å². The predicted octanol–water partition coefficient (Wildman–Crippen LogP) is 0.344. The van der Waals surface area contributed by atoms with Gasteiger partial charge in [0.05, 0.1) is 12.0 Å². The third kappa shape index (κ3) is 3.64. The molecule has 0 saturated carbocycles. The van der Waals surface area contributed by atoms with E-state index >= 15 is 0 Å². The maximum absolute atomic E-state index is 12.3. The Morgan fingerprint density at radius 2 is 1.73 bits per heavy atom. The smallest absolute Gasteiger partial charge is 0.229 e. The van der Waals surface area contributed by atoms with Gasteiger partial charge in [-0.25, -0.2) is 0 Å². The van der Waals surface area contributed by atoms with E-state index in [-0.39, 0.29) is 22.7 Å². The average molecular weight is 416 g/mol. The first kappa shape index (κ1) is 20.3. The van der Waals surface area contributed by atoms with Crippen LogP contribution in [0.3, 0.4) is 0 Å². The minimum Gasteiger partial charge on any atom is -0.504 e. The van der Waals surface area contributed by atoms with E-state index in [1.165, 1.54) is 24.3 Å². The molecule has 0 bridgehead atoms. The zero-order valence-corrected chi connectivity index (χ0v) is 15.6. The number of para-hydroxylation sites is 1. The molecular weight excluding hydrogens is 396 g/mol. The Hall–Kier alpha value is -2.95. The first-order valence-corrected chi connectivity index (χ1v) is 9.22. The zero-order valence-electron chi connectivity index (χ0n) is 15.6. The van der Waals surface area contributed by atoms with E-state index in [0.717, 1.165) is 0 Å². The van der Waals surface area contributed by atoms with E-state index in [0.29, 0.717) is 16.5 Å². The quantitative estimate of drug-likeness (QED) is 0.406. The van der Waals surface area contributed by atoms with Gasteiger partial charge in [0.2, 0.25) is 6.29 Å². The van der Waals surface area contributed by atoms with Crippen LogP contribution in [0.25, 0.3) is 22.3 Å². The molecule has 1 aromatic heterocycles. The van der Waals surface area contributed by atoms with Crippen LogP contribution in [0.1, 0.15) is 0 Å². The van der Waals surface area contributed by atoms with Crippen LogP contribution in [0.4, 0.5) is 0 Å². The number of ether oxygens (including phenoxy) is 2. The van der Waals surface area contributed by atoms with Crippen molar-refractivity contribution in [3.8, 4) is 22.8 Å². The number of hydrogen-bond donors (Lipinski definition) is 5. The number of aromatic hydroxyl groups is 1. The van der Waals surface area contributed by atoms with Gasteiger partial charge in [-0.3, -0.25) is 4.79 Å².